The highest BCUT2D eigenvalue weighted by Gasteiger charge is 2.34. The van der Waals surface area contributed by atoms with Crippen molar-refractivity contribution in [2.75, 3.05) is 38.7 Å². The summed E-state index contributed by atoms with van der Waals surface area (Å²) in [6.07, 6.45) is -1.66. The minimum atomic E-state index is -4.69. The van der Waals surface area contributed by atoms with Gasteiger partial charge in [-0.2, -0.15) is 8.42 Å². The van der Waals surface area contributed by atoms with E-state index >= 15 is 0 Å². The van der Waals surface area contributed by atoms with Gasteiger partial charge in [0.2, 0.25) is 18.1 Å². The topological polar surface area (TPSA) is 271 Å². The van der Waals surface area contributed by atoms with Crippen LogP contribution in [-0.4, -0.2) is 127 Å². The summed E-state index contributed by atoms with van der Waals surface area (Å²) < 4.78 is 59.4. The van der Waals surface area contributed by atoms with Gasteiger partial charge in [-0.1, -0.05) is 0 Å². The Morgan fingerprint density at radius 2 is 1.80 bits per heavy atom. The van der Waals surface area contributed by atoms with Crippen molar-refractivity contribution in [3.05, 3.63) is 35.9 Å². The highest BCUT2D eigenvalue weighted by Crippen LogP contribution is 2.29. The highest BCUT2D eigenvalue weighted by molar-refractivity contribution is 7.85. The molecule has 3 rings (SSSR count). The van der Waals surface area contributed by atoms with Crippen LogP contribution in [0.3, 0.4) is 0 Å². The lowest BCUT2D eigenvalue weighted by Gasteiger charge is -2.31. The molecule has 1 saturated heterocycles. The lowest BCUT2D eigenvalue weighted by molar-refractivity contribution is -0.195. The van der Waals surface area contributed by atoms with E-state index in [0.29, 0.717) is 5.56 Å². The number of hydrogen-bond donors (Lipinski definition) is 5. The zero-order chi connectivity index (χ0) is 36.1. The van der Waals surface area contributed by atoms with Crippen LogP contribution >= 0.6 is 0 Å². The Morgan fingerprint density at radius 1 is 1.08 bits per heavy atom. The first-order valence-corrected chi connectivity index (χ1v) is 16.5. The number of aliphatic hydroxyl groups excluding tert-OH is 1. The van der Waals surface area contributed by atoms with Gasteiger partial charge in [0.25, 0.3) is 21.9 Å². The first-order valence-electron chi connectivity index (χ1n) is 14.9. The normalized spacial score (nSPS) is 19.7. The molecular weight excluding hydrogens is 678 g/mol. The molecule has 4 unspecified atom stereocenters. The quantitative estimate of drug-likeness (QED) is 0.0461. The Kier molecular flexibility index (Phi) is 14.4. The van der Waals surface area contributed by atoms with Gasteiger partial charge in [0, 0.05) is 63.1 Å². The number of amides is 4. The number of carbonyl (C=O) groups excluding carboxylic acids is 5. The molecule has 270 valence electrons. The SMILES string of the molecule is CC(=O)OCc1ccc(OC2CC(O)CC(C(=O)O)O2)cc1OCCOCCNC(=O)C(CS(=O)(=O)O)NC(=O)CCN1C(=O)C=CC1=O. The second kappa shape index (κ2) is 18.2. The fraction of sp³-hybridized carbons (Fsp3) is 0.517. The average Bonchev–Trinajstić information content (AvgIpc) is 3.33. The summed E-state index contributed by atoms with van der Waals surface area (Å²) in [4.78, 5) is 71.6. The number of ether oxygens (including phenoxy) is 5. The van der Waals surface area contributed by atoms with Gasteiger partial charge in [0.1, 0.15) is 36.5 Å². The maximum atomic E-state index is 12.6. The second-order valence-electron chi connectivity index (χ2n) is 10.7. The van der Waals surface area contributed by atoms with Gasteiger partial charge in [0.15, 0.2) is 6.10 Å². The number of hydrogen-bond acceptors (Lipinski definition) is 14. The number of nitrogens with zero attached hydrogens (tertiary/aromatic N) is 1. The molecule has 2 aliphatic rings. The van der Waals surface area contributed by atoms with E-state index in [1.807, 2.05) is 0 Å². The molecule has 0 aromatic heterocycles. The van der Waals surface area contributed by atoms with Crippen molar-refractivity contribution in [1.29, 1.82) is 0 Å². The van der Waals surface area contributed by atoms with E-state index in [1.165, 1.54) is 19.1 Å². The third kappa shape index (κ3) is 13.4. The van der Waals surface area contributed by atoms with Gasteiger partial charge in [-0.3, -0.25) is 33.4 Å². The van der Waals surface area contributed by atoms with Crippen molar-refractivity contribution in [3.8, 4) is 11.5 Å². The summed E-state index contributed by atoms with van der Waals surface area (Å²) in [5, 5.41) is 23.8. The first kappa shape index (κ1) is 38.8. The maximum absolute atomic E-state index is 12.6. The number of carbonyl (C=O) groups is 6. The van der Waals surface area contributed by atoms with Crippen LogP contribution in [0.1, 0.15) is 31.7 Å². The van der Waals surface area contributed by atoms with Crippen molar-refractivity contribution in [1.82, 2.24) is 15.5 Å². The van der Waals surface area contributed by atoms with Gasteiger partial charge in [0.05, 0.1) is 19.3 Å². The molecule has 5 N–H and O–H groups in total. The summed E-state index contributed by atoms with van der Waals surface area (Å²) >= 11 is 0. The zero-order valence-electron chi connectivity index (χ0n) is 26.3. The Balaban J connectivity index is 1.47. The summed E-state index contributed by atoms with van der Waals surface area (Å²) in [5.74, 6) is -5.49. The molecule has 0 radical (unpaired) electrons. The predicted octanol–water partition coefficient (Wildman–Crippen LogP) is -1.72. The molecule has 49 heavy (non-hydrogen) atoms. The van der Waals surface area contributed by atoms with E-state index in [1.54, 1.807) is 6.07 Å². The molecule has 1 aromatic carbocycles. The molecule has 19 nitrogen and oxygen atoms in total. The van der Waals surface area contributed by atoms with Gasteiger partial charge in [-0.15, -0.1) is 0 Å². The van der Waals surface area contributed by atoms with E-state index in [4.69, 9.17) is 23.7 Å². The van der Waals surface area contributed by atoms with E-state index in [2.05, 4.69) is 10.6 Å². The monoisotopic (exact) mass is 715 g/mol. The fourth-order valence-electron chi connectivity index (χ4n) is 4.49. The molecule has 0 aliphatic carbocycles. The molecule has 0 bridgehead atoms. The first-order chi connectivity index (χ1) is 23.1. The van der Waals surface area contributed by atoms with Crippen LogP contribution < -0.4 is 20.1 Å². The number of benzene rings is 1. The van der Waals surface area contributed by atoms with Crippen LogP contribution in [0.5, 0.6) is 11.5 Å². The number of imide groups is 1. The number of carboxylic acids is 1. The van der Waals surface area contributed by atoms with Crippen molar-refractivity contribution in [3.63, 3.8) is 0 Å². The molecule has 1 fully saturated rings. The van der Waals surface area contributed by atoms with Gasteiger partial charge >= 0.3 is 11.9 Å². The van der Waals surface area contributed by atoms with Gasteiger partial charge in [-0.25, -0.2) is 4.79 Å². The van der Waals surface area contributed by atoms with E-state index in [0.717, 1.165) is 17.1 Å². The smallest absolute Gasteiger partial charge is 0.333 e. The summed E-state index contributed by atoms with van der Waals surface area (Å²) in [7, 11) is -4.69. The van der Waals surface area contributed by atoms with Crippen LogP contribution in [-0.2, 0) is 59.7 Å². The molecule has 0 spiro atoms. The number of esters is 1. The van der Waals surface area contributed by atoms with E-state index < -0.39 is 82.4 Å². The zero-order valence-corrected chi connectivity index (χ0v) is 27.1. The lowest BCUT2D eigenvalue weighted by Crippen LogP contribution is -2.51. The Morgan fingerprint density at radius 3 is 2.45 bits per heavy atom. The molecule has 4 amide bonds. The van der Waals surface area contributed by atoms with Crippen LogP contribution in [0.25, 0.3) is 0 Å². The van der Waals surface area contributed by atoms with E-state index in [9.17, 15) is 52.0 Å². The Hall–Kier alpha value is -4.63. The van der Waals surface area contributed by atoms with Crippen molar-refractivity contribution >= 4 is 45.7 Å². The largest absolute Gasteiger partial charge is 0.491 e. The van der Waals surface area contributed by atoms with Gasteiger partial charge in [-0.05, 0) is 12.1 Å². The number of aliphatic carboxylic acids is 1. The average molecular weight is 716 g/mol. The molecule has 0 saturated carbocycles. The summed E-state index contributed by atoms with van der Waals surface area (Å²) in [6.45, 7) is 0.525. The number of nitrogens with one attached hydrogen (secondary N) is 2. The molecular formula is C29H37N3O16S. The van der Waals surface area contributed by atoms with Crippen LogP contribution in [0.4, 0.5) is 0 Å². The fourth-order valence-corrected chi connectivity index (χ4v) is 5.15. The highest BCUT2D eigenvalue weighted by atomic mass is 32.2. The molecule has 2 aliphatic heterocycles. The summed E-state index contributed by atoms with van der Waals surface area (Å²) in [5.41, 5.74) is 0.463. The van der Waals surface area contributed by atoms with Crippen LogP contribution in [0, 0.1) is 0 Å². The van der Waals surface area contributed by atoms with Crippen LogP contribution in [0.2, 0.25) is 0 Å². The number of rotatable bonds is 19. The molecule has 1 aromatic rings. The third-order valence-corrected chi connectivity index (χ3v) is 7.56. The summed E-state index contributed by atoms with van der Waals surface area (Å²) in [6, 6.07) is 2.86. The standard InChI is InChI=1S/C29H37N3O16S/c1-17(33)46-15-18-2-3-20(47-27-13-19(34)12-23(48-27)29(39)40)14-22(18)45-11-10-44-9-7-30-28(38)21(16-49(41,42)43)31-24(35)6-8-32-25(36)4-5-26(32)37/h2-5,14,19,21,23,27,34H,6-13,15-16H2,1H3,(H,30,38)(H,31,35)(H,39,40)(H,41,42,43). The van der Waals surface area contributed by atoms with Gasteiger partial charge < -0.3 is 44.5 Å². The van der Waals surface area contributed by atoms with Crippen LogP contribution in [0.15, 0.2) is 30.4 Å². The molecule has 2 heterocycles. The maximum Gasteiger partial charge on any atom is 0.333 e. The van der Waals surface area contributed by atoms with Crippen molar-refractivity contribution < 1.29 is 75.6 Å². The number of carboxylic acid groups (broad SMARTS) is 1. The predicted molar refractivity (Wildman–Crippen MR) is 162 cm³/mol. The molecule has 20 heteroatoms. The minimum Gasteiger partial charge on any atom is -0.491 e. The lowest BCUT2D eigenvalue weighted by atomic mass is 10.1. The Bertz CT molecular complexity index is 1510. The molecule has 4 atom stereocenters. The van der Waals surface area contributed by atoms with Crippen molar-refractivity contribution in [2.24, 2.45) is 0 Å². The Labute approximate surface area is 280 Å². The minimum absolute atomic E-state index is 0.0137. The number of aliphatic hydroxyl groups is 1. The third-order valence-electron chi connectivity index (χ3n) is 6.80. The van der Waals surface area contributed by atoms with E-state index in [-0.39, 0.29) is 63.9 Å². The van der Waals surface area contributed by atoms with Crippen molar-refractivity contribution in [2.45, 2.75) is 57.3 Å². The second-order valence-corrected chi connectivity index (χ2v) is 12.2.